The molecule has 15 nitrogen and oxygen atoms in total. The van der Waals surface area contributed by atoms with Crippen LogP contribution >= 0.6 is 0 Å². The molecule has 188 valence electrons. The molecule has 0 aliphatic carbocycles. The van der Waals surface area contributed by atoms with Crippen LogP contribution in [0.5, 0.6) is 0 Å². The third kappa shape index (κ3) is 11.8. The molecule has 0 fully saturated rings. The number of hydrogen-bond acceptors (Lipinski definition) is 9. The van der Waals surface area contributed by atoms with Gasteiger partial charge in [-0.2, -0.15) is 0 Å². The summed E-state index contributed by atoms with van der Waals surface area (Å²) in [6, 6.07) is -5.93. The molecule has 13 N–H and O–H groups in total. The zero-order valence-electron chi connectivity index (χ0n) is 18.3. The van der Waals surface area contributed by atoms with Crippen LogP contribution in [-0.4, -0.2) is 82.5 Å². The molecule has 33 heavy (non-hydrogen) atoms. The highest BCUT2D eigenvalue weighted by Gasteiger charge is 2.33. The number of carbonyl (C=O) groups excluding carboxylic acids is 5. The van der Waals surface area contributed by atoms with Crippen LogP contribution < -0.4 is 38.9 Å². The molecule has 5 amide bonds. The second-order valence-electron chi connectivity index (χ2n) is 7.42. The molecule has 0 radical (unpaired) electrons. The first-order chi connectivity index (χ1) is 15.3. The van der Waals surface area contributed by atoms with Gasteiger partial charge >= 0.3 is 5.97 Å². The molecule has 0 heterocycles. The predicted molar refractivity (Wildman–Crippen MR) is 114 cm³/mol. The highest BCUT2D eigenvalue weighted by Crippen LogP contribution is 2.04. The smallest absolute Gasteiger partial charge is 0.326 e. The maximum absolute atomic E-state index is 12.6. The second-order valence-corrected chi connectivity index (χ2v) is 7.42. The number of carbonyl (C=O) groups is 6. The van der Waals surface area contributed by atoms with Crippen LogP contribution in [0.1, 0.15) is 39.0 Å². The van der Waals surface area contributed by atoms with Gasteiger partial charge < -0.3 is 49.1 Å². The van der Waals surface area contributed by atoms with E-state index < -0.39 is 78.6 Å². The van der Waals surface area contributed by atoms with Crippen LogP contribution in [0, 0.1) is 0 Å². The third-order valence-electron chi connectivity index (χ3n) is 4.42. The van der Waals surface area contributed by atoms with Gasteiger partial charge in [-0.1, -0.05) is 0 Å². The fourth-order valence-electron chi connectivity index (χ4n) is 2.67. The second kappa shape index (κ2) is 14.7. The molecule has 0 rings (SSSR count). The minimum atomic E-state index is -1.62. The number of aliphatic hydroxyl groups excluding tert-OH is 1. The first-order valence-electron chi connectivity index (χ1n) is 10.1. The largest absolute Gasteiger partial charge is 0.480 e. The molecule has 15 heteroatoms. The van der Waals surface area contributed by atoms with Crippen LogP contribution in [0.2, 0.25) is 0 Å². The van der Waals surface area contributed by atoms with Gasteiger partial charge in [0, 0.05) is 0 Å². The summed E-state index contributed by atoms with van der Waals surface area (Å²) in [5.74, 6) is -6.25. The lowest BCUT2D eigenvalue weighted by Gasteiger charge is -2.26. The number of carboxylic acid groups (broad SMARTS) is 1. The number of amides is 5. The summed E-state index contributed by atoms with van der Waals surface area (Å²) in [4.78, 5) is 70.9. The fourth-order valence-corrected chi connectivity index (χ4v) is 2.67. The molecular formula is C18H33N7O8. The maximum Gasteiger partial charge on any atom is 0.326 e. The van der Waals surface area contributed by atoms with E-state index in [2.05, 4.69) is 16.0 Å². The number of carboxylic acids is 1. The van der Waals surface area contributed by atoms with Gasteiger partial charge in [-0.15, -0.1) is 0 Å². The van der Waals surface area contributed by atoms with Crippen LogP contribution in [-0.2, 0) is 28.8 Å². The van der Waals surface area contributed by atoms with Gasteiger partial charge in [0.15, 0.2) is 0 Å². The third-order valence-corrected chi connectivity index (χ3v) is 4.42. The fraction of sp³-hybridized carbons (Fsp3) is 0.667. The van der Waals surface area contributed by atoms with Gasteiger partial charge in [-0.25, -0.2) is 4.79 Å². The first-order valence-corrected chi connectivity index (χ1v) is 10.1. The standard InChI is InChI=1S/C18H33N7O8/c1-8(26)14(17(31)23-10(18(32)33)4-2-3-5-19)25-16(30)11(7-13(22)28)24-15(29)9(20)6-12(21)27/h8-11,14,26H,2-7,19-20H2,1H3,(H2,21,27)(H2,22,28)(H,23,31)(H,24,29)(H,25,30)(H,32,33). The van der Waals surface area contributed by atoms with Gasteiger partial charge in [0.2, 0.25) is 29.5 Å². The molecule has 0 aromatic carbocycles. The molecule has 0 bridgehead atoms. The Morgan fingerprint density at radius 3 is 1.82 bits per heavy atom. The summed E-state index contributed by atoms with van der Waals surface area (Å²) in [6.07, 6.45) is -1.69. The summed E-state index contributed by atoms with van der Waals surface area (Å²) in [5, 5.41) is 25.7. The van der Waals surface area contributed by atoms with E-state index in [1.54, 1.807) is 0 Å². The van der Waals surface area contributed by atoms with E-state index in [0.717, 1.165) is 0 Å². The summed E-state index contributed by atoms with van der Waals surface area (Å²) in [6.45, 7) is 1.50. The molecule has 0 aromatic heterocycles. The van der Waals surface area contributed by atoms with Crippen molar-refractivity contribution in [3.05, 3.63) is 0 Å². The van der Waals surface area contributed by atoms with Crippen molar-refractivity contribution in [3.63, 3.8) is 0 Å². The lowest BCUT2D eigenvalue weighted by molar-refractivity contribution is -0.143. The van der Waals surface area contributed by atoms with Gasteiger partial charge in [-0.3, -0.25) is 24.0 Å². The zero-order chi connectivity index (χ0) is 25.7. The molecule has 0 aliphatic heterocycles. The van der Waals surface area contributed by atoms with Crippen molar-refractivity contribution in [2.75, 3.05) is 6.54 Å². The van der Waals surface area contributed by atoms with Gasteiger partial charge in [0.05, 0.1) is 25.0 Å². The number of nitrogens with one attached hydrogen (secondary N) is 3. The number of nitrogens with two attached hydrogens (primary N) is 4. The minimum Gasteiger partial charge on any atom is -0.480 e. The SMILES string of the molecule is CC(O)C(NC(=O)C(CC(N)=O)NC(=O)C(N)CC(N)=O)C(=O)NC(CCCCN)C(=O)O. The summed E-state index contributed by atoms with van der Waals surface area (Å²) in [5.41, 5.74) is 20.9. The Bertz CT molecular complexity index is 731. The van der Waals surface area contributed by atoms with E-state index in [1.807, 2.05) is 0 Å². The molecule has 0 saturated heterocycles. The lowest BCUT2D eigenvalue weighted by Crippen LogP contribution is -2.60. The van der Waals surface area contributed by atoms with Gasteiger partial charge in [0.1, 0.15) is 18.1 Å². The average Bonchev–Trinajstić information content (AvgIpc) is 2.69. The zero-order valence-corrected chi connectivity index (χ0v) is 18.3. The average molecular weight is 476 g/mol. The Hall–Kier alpha value is -3.30. The van der Waals surface area contributed by atoms with E-state index in [0.29, 0.717) is 19.4 Å². The number of rotatable bonds is 16. The summed E-state index contributed by atoms with van der Waals surface area (Å²) < 4.78 is 0. The van der Waals surface area contributed by atoms with Crippen LogP contribution in [0.25, 0.3) is 0 Å². The van der Waals surface area contributed by atoms with Crippen LogP contribution in [0.4, 0.5) is 0 Å². The minimum absolute atomic E-state index is 0.0663. The Kier molecular flexibility index (Phi) is 13.2. The topological polar surface area (TPSA) is 283 Å². The molecule has 0 aliphatic rings. The number of aliphatic carboxylic acids is 1. The Morgan fingerprint density at radius 1 is 0.818 bits per heavy atom. The molecular weight excluding hydrogens is 442 g/mol. The molecule has 0 saturated carbocycles. The van der Waals surface area contributed by atoms with Gasteiger partial charge in [-0.05, 0) is 32.7 Å². The van der Waals surface area contributed by atoms with Gasteiger partial charge in [0.25, 0.3) is 0 Å². The Balaban J connectivity index is 5.39. The number of primary amides is 2. The van der Waals surface area contributed by atoms with E-state index in [9.17, 15) is 39.0 Å². The van der Waals surface area contributed by atoms with Crippen LogP contribution in [0.15, 0.2) is 0 Å². The first kappa shape index (κ1) is 29.7. The van der Waals surface area contributed by atoms with Crippen molar-refractivity contribution < 1.29 is 39.0 Å². The maximum atomic E-state index is 12.6. The highest BCUT2D eigenvalue weighted by molar-refractivity contribution is 5.97. The lowest BCUT2D eigenvalue weighted by atomic mass is 10.1. The van der Waals surface area contributed by atoms with E-state index >= 15 is 0 Å². The Labute approximate surface area is 190 Å². The predicted octanol–water partition coefficient (Wildman–Crippen LogP) is -4.89. The van der Waals surface area contributed by atoms with Crippen molar-refractivity contribution in [2.45, 2.75) is 69.3 Å². The van der Waals surface area contributed by atoms with E-state index in [1.165, 1.54) is 6.92 Å². The summed E-state index contributed by atoms with van der Waals surface area (Å²) >= 11 is 0. The molecule has 5 unspecified atom stereocenters. The summed E-state index contributed by atoms with van der Waals surface area (Å²) in [7, 11) is 0. The van der Waals surface area contributed by atoms with Crippen molar-refractivity contribution in [3.8, 4) is 0 Å². The van der Waals surface area contributed by atoms with E-state index in [4.69, 9.17) is 22.9 Å². The van der Waals surface area contributed by atoms with Crippen molar-refractivity contribution in [1.29, 1.82) is 0 Å². The van der Waals surface area contributed by atoms with Crippen molar-refractivity contribution in [1.82, 2.24) is 16.0 Å². The van der Waals surface area contributed by atoms with E-state index in [-0.39, 0.29) is 6.42 Å². The number of unbranched alkanes of at least 4 members (excludes halogenated alkanes) is 1. The van der Waals surface area contributed by atoms with Crippen molar-refractivity contribution >= 4 is 35.5 Å². The molecule has 5 atom stereocenters. The molecule has 0 aromatic rings. The monoisotopic (exact) mass is 475 g/mol. The number of hydrogen-bond donors (Lipinski definition) is 9. The highest BCUT2D eigenvalue weighted by atomic mass is 16.4. The molecule has 0 spiro atoms. The van der Waals surface area contributed by atoms with Crippen LogP contribution in [0.3, 0.4) is 0 Å². The Morgan fingerprint density at radius 2 is 1.36 bits per heavy atom. The van der Waals surface area contributed by atoms with Crippen molar-refractivity contribution in [2.24, 2.45) is 22.9 Å². The number of aliphatic hydroxyl groups is 1. The normalized spacial score (nSPS) is 15.3. The quantitative estimate of drug-likeness (QED) is 0.0958.